The molecular formula is C15H14N2O2. The number of benzene rings is 2. The Balaban J connectivity index is 1.75. The van der Waals surface area contributed by atoms with E-state index in [1.807, 2.05) is 60.7 Å². The lowest BCUT2D eigenvalue weighted by molar-refractivity contribution is -0.143. The van der Waals surface area contributed by atoms with Crippen LogP contribution < -0.4 is 11.0 Å². The molecule has 0 spiro atoms. The number of anilines is 1. The number of rotatable bonds is 5. The second-order valence-electron chi connectivity index (χ2n) is 3.76. The highest BCUT2D eigenvalue weighted by atomic mass is 16.7. The zero-order valence-corrected chi connectivity index (χ0v) is 10.2. The third-order valence-electron chi connectivity index (χ3n) is 2.33. The van der Waals surface area contributed by atoms with Gasteiger partial charge in [-0.25, -0.2) is 4.79 Å². The third-order valence-corrected chi connectivity index (χ3v) is 2.33. The Morgan fingerprint density at radius 1 is 0.947 bits per heavy atom. The van der Waals surface area contributed by atoms with Crippen molar-refractivity contribution in [3.63, 3.8) is 0 Å². The Morgan fingerprint density at radius 2 is 1.58 bits per heavy atom. The SMILES string of the molecule is O=C(/C=C/c1ccccc1)ONNc1ccccc1. The maximum Gasteiger partial charge on any atom is 0.351 e. The standard InChI is InChI=1S/C15H14N2O2/c18-15(12-11-13-7-3-1-4-8-13)19-17-16-14-9-5-2-6-10-14/h1-12,16-17H/b12-11+. The fraction of sp³-hybridized carbons (Fsp3) is 0. The third kappa shape index (κ3) is 4.65. The van der Waals surface area contributed by atoms with Gasteiger partial charge in [0.25, 0.3) is 0 Å². The summed E-state index contributed by atoms with van der Waals surface area (Å²) in [5.74, 6) is -0.479. The first kappa shape index (κ1) is 12.9. The number of hydrogen-bond donors (Lipinski definition) is 2. The Bertz CT molecular complexity index is 539. The van der Waals surface area contributed by atoms with Gasteiger partial charge in [-0.15, -0.1) is 0 Å². The van der Waals surface area contributed by atoms with Gasteiger partial charge in [-0.2, -0.15) is 0 Å². The van der Waals surface area contributed by atoms with E-state index >= 15 is 0 Å². The number of carbonyl (C=O) groups excluding carboxylic acids is 1. The van der Waals surface area contributed by atoms with Crippen LogP contribution in [0.4, 0.5) is 5.69 Å². The van der Waals surface area contributed by atoms with Crippen molar-refractivity contribution < 1.29 is 9.63 Å². The number of para-hydroxylation sites is 1. The lowest BCUT2D eigenvalue weighted by Crippen LogP contribution is -2.24. The van der Waals surface area contributed by atoms with Gasteiger partial charge in [0.15, 0.2) is 0 Å². The van der Waals surface area contributed by atoms with Crippen molar-refractivity contribution in [2.75, 3.05) is 5.43 Å². The molecule has 0 saturated heterocycles. The molecule has 2 N–H and O–H groups in total. The molecule has 0 bridgehead atoms. The van der Waals surface area contributed by atoms with Crippen molar-refractivity contribution in [2.45, 2.75) is 0 Å². The summed E-state index contributed by atoms with van der Waals surface area (Å²) in [7, 11) is 0. The van der Waals surface area contributed by atoms with Crippen LogP contribution in [0.1, 0.15) is 5.56 Å². The summed E-state index contributed by atoms with van der Waals surface area (Å²) >= 11 is 0. The first-order valence-corrected chi connectivity index (χ1v) is 5.84. The maximum atomic E-state index is 11.4. The van der Waals surface area contributed by atoms with E-state index < -0.39 is 5.97 Å². The summed E-state index contributed by atoms with van der Waals surface area (Å²) in [4.78, 5) is 16.2. The van der Waals surface area contributed by atoms with Gasteiger partial charge in [0.1, 0.15) is 0 Å². The molecule has 0 aliphatic carbocycles. The second-order valence-corrected chi connectivity index (χ2v) is 3.76. The molecule has 0 saturated carbocycles. The second kappa shape index (κ2) is 6.98. The molecule has 4 heteroatoms. The van der Waals surface area contributed by atoms with Crippen molar-refractivity contribution in [3.05, 3.63) is 72.3 Å². The molecular weight excluding hydrogens is 240 g/mol. The molecule has 0 radical (unpaired) electrons. The number of hydrogen-bond acceptors (Lipinski definition) is 4. The van der Waals surface area contributed by atoms with E-state index in [4.69, 9.17) is 4.84 Å². The summed E-state index contributed by atoms with van der Waals surface area (Å²) in [5, 5.41) is 0. The van der Waals surface area contributed by atoms with Gasteiger partial charge in [0.05, 0.1) is 5.69 Å². The Kier molecular flexibility index (Phi) is 4.72. The van der Waals surface area contributed by atoms with Crippen LogP contribution in [-0.2, 0) is 9.63 Å². The Labute approximate surface area is 111 Å². The summed E-state index contributed by atoms with van der Waals surface area (Å²) in [5.41, 5.74) is 6.88. The summed E-state index contributed by atoms with van der Waals surface area (Å²) < 4.78 is 0. The molecule has 4 nitrogen and oxygen atoms in total. The molecule has 19 heavy (non-hydrogen) atoms. The molecule has 2 aromatic rings. The van der Waals surface area contributed by atoms with Crippen molar-refractivity contribution in [1.29, 1.82) is 0 Å². The predicted molar refractivity (Wildman–Crippen MR) is 74.8 cm³/mol. The van der Waals surface area contributed by atoms with Crippen LogP contribution in [0.15, 0.2) is 66.7 Å². The average Bonchev–Trinajstić information content (AvgIpc) is 2.47. The monoisotopic (exact) mass is 254 g/mol. The molecule has 0 aromatic heterocycles. The van der Waals surface area contributed by atoms with Crippen molar-refractivity contribution in [1.82, 2.24) is 5.59 Å². The smallest absolute Gasteiger partial charge is 0.347 e. The summed E-state index contributed by atoms with van der Waals surface area (Å²) in [6.45, 7) is 0. The first-order chi connectivity index (χ1) is 9.34. The maximum absolute atomic E-state index is 11.4. The largest absolute Gasteiger partial charge is 0.351 e. The van der Waals surface area contributed by atoms with E-state index in [2.05, 4.69) is 11.0 Å². The van der Waals surface area contributed by atoms with E-state index in [0.717, 1.165) is 11.3 Å². The molecule has 0 amide bonds. The molecule has 0 atom stereocenters. The van der Waals surface area contributed by atoms with Crippen LogP contribution in [0, 0.1) is 0 Å². The van der Waals surface area contributed by atoms with Crippen LogP contribution >= 0.6 is 0 Å². The topological polar surface area (TPSA) is 50.4 Å². The number of nitrogens with one attached hydrogen (secondary N) is 2. The minimum atomic E-state index is -0.479. The normalized spacial score (nSPS) is 10.3. The molecule has 0 fully saturated rings. The van der Waals surface area contributed by atoms with Crippen LogP contribution in [0.25, 0.3) is 6.08 Å². The first-order valence-electron chi connectivity index (χ1n) is 5.84. The highest BCUT2D eigenvalue weighted by Gasteiger charge is 1.96. The van der Waals surface area contributed by atoms with Gasteiger partial charge >= 0.3 is 5.97 Å². The lowest BCUT2D eigenvalue weighted by Gasteiger charge is -2.06. The van der Waals surface area contributed by atoms with E-state index in [0.29, 0.717) is 0 Å². The van der Waals surface area contributed by atoms with Crippen molar-refractivity contribution in [2.24, 2.45) is 0 Å². The van der Waals surface area contributed by atoms with Gasteiger partial charge in [-0.1, -0.05) is 54.1 Å². The number of carbonyl (C=O) groups is 1. The Hall–Kier alpha value is -2.59. The van der Waals surface area contributed by atoms with E-state index in [1.54, 1.807) is 6.08 Å². The van der Waals surface area contributed by atoms with Gasteiger partial charge in [0, 0.05) is 6.08 Å². The van der Waals surface area contributed by atoms with E-state index in [-0.39, 0.29) is 0 Å². The van der Waals surface area contributed by atoms with Gasteiger partial charge in [0.2, 0.25) is 0 Å². The molecule has 2 rings (SSSR count). The highest BCUT2D eigenvalue weighted by molar-refractivity contribution is 5.86. The fourth-order valence-corrected chi connectivity index (χ4v) is 1.42. The van der Waals surface area contributed by atoms with Crippen molar-refractivity contribution in [3.8, 4) is 0 Å². The van der Waals surface area contributed by atoms with Crippen LogP contribution in [0.2, 0.25) is 0 Å². The number of hydrazine groups is 1. The van der Waals surface area contributed by atoms with Gasteiger partial charge in [-0.3, -0.25) is 5.43 Å². The lowest BCUT2D eigenvalue weighted by atomic mass is 10.2. The predicted octanol–water partition coefficient (Wildman–Crippen LogP) is 2.77. The summed E-state index contributed by atoms with van der Waals surface area (Å²) in [6.07, 6.45) is 3.04. The van der Waals surface area contributed by atoms with Crippen molar-refractivity contribution >= 4 is 17.7 Å². The Morgan fingerprint density at radius 3 is 2.26 bits per heavy atom. The van der Waals surface area contributed by atoms with Crippen LogP contribution in [-0.4, -0.2) is 5.97 Å². The molecule has 0 unspecified atom stereocenters. The van der Waals surface area contributed by atoms with Crippen LogP contribution in [0.3, 0.4) is 0 Å². The summed E-state index contributed by atoms with van der Waals surface area (Å²) in [6, 6.07) is 18.9. The quantitative estimate of drug-likeness (QED) is 0.636. The fourth-order valence-electron chi connectivity index (χ4n) is 1.42. The molecule has 0 aliphatic rings. The zero-order chi connectivity index (χ0) is 13.3. The minimum absolute atomic E-state index is 0.479. The zero-order valence-electron chi connectivity index (χ0n) is 10.2. The van der Waals surface area contributed by atoms with Gasteiger partial charge < -0.3 is 4.84 Å². The van der Waals surface area contributed by atoms with Gasteiger partial charge in [-0.05, 0) is 23.8 Å². The molecule has 0 heterocycles. The molecule has 2 aromatic carbocycles. The molecule has 96 valence electrons. The highest BCUT2D eigenvalue weighted by Crippen LogP contribution is 2.03. The molecule has 0 aliphatic heterocycles. The average molecular weight is 254 g/mol. The minimum Gasteiger partial charge on any atom is -0.347 e. The van der Waals surface area contributed by atoms with E-state index in [1.165, 1.54) is 6.08 Å². The van der Waals surface area contributed by atoms with E-state index in [9.17, 15) is 4.79 Å². The van der Waals surface area contributed by atoms with Crippen LogP contribution in [0.5, 0.6) is 0 Å².